The zero-order chi connectivity index (χ0) is 30.2. The number of pyridine rings is 2. The molecule has 4 aromatic rings. The maximum Gasteiger partial charge on any atom is 0.305 e. The lowest BCUT2D eigenvalue weighted by Gasteiger charge is -2.26. The number of aromatic nitrogens is 2. The molecule has 0 bridgehead atoms. The third-order valence-electron chi connectivity index (χ3n) is 7.06. The fourth-order valence-electron chi connectivity index (χ4n) is 4.93. The zero-order valence-corrected chi connectivity index (χ0v) is 24.0. The molecule has 0 aliphatic carbocycles. The van der Waals surface area contributed by atoms with Crippen LogP contribution in [-0.2, 0) is 4.79 Å². The Balaban J connectivity index is 1.39. The molecular weight excluding hydrogens is 568 g/mol. The van der Waals surface area contributed by atoms with Crippen molar-refractivity contribution in [2.45, 2.75) is 18.9 Å². The van der Waals surface area contributed by atoms with Crippen LogP contribution in [0.3, 0.4) is 0 Å². The van der Waals surface area contributed by atoms with Gasteiger partial charge in [-0.3, -0.25) is 29.1 Å². The number of amides is 3. The molecule has 5 rings (SSSR count). The second-order valence-corrected chi connectivity index (χ2v) is 10.9. The molecule has 43 heavy (non-hydrogen) atoms. The lowest BCUT2D eigenvalue weighted by molar-refractivity contribution is -0.137. The van der Waals surface area contributed by atoms with Crippen molar-refractivity contribution < 1.29 is 24.3 Å². The van der Waals surface area contributed by atoms with Crippen molar-refractivity contribution in [1.82, 2.24) is 20.2 Å². The average Bonchev–Trinajstić information content (AvgIpc) is 3.46. The van der Waals surface area contributed by atoms with Crippen LogP contribution >= 0.6 is 11.3 Å². The average molecular weight is 599 g/mol. The Kier molecular flexibility index (Phi) is 9.37. The highest BCUT2D eigenvalue weighted by Gasteiger charge is 2.24. The molecule has 3 amide bonds. The van der Waals surface area contributed by atoms with Gasteiger partial charge >= 0.3 is 5.97 Å². The maximum atomic E-state index is 13.4. The van der Waals surface area contributed by atoms with Crippen molar-refractivity contribution in [2.75, 3.05) is 36.4 Å². The van der Waals surface area contributed by atoms with Gasteiger partial charge in [0, 0.05) is 56.5 Å². The van der Waals surface area contributed by atoms with E-state index in [4.69, 9.17) is 0 Å². The normalized spacial score (nSPS) is 14.0. The number of carbonyl (C=O) groups excluding carboxylic acids is 3. The Hall–Kier alpha value is -5.10. The summed E-state index contributed by atoms with van der Waals surface area (Å²) in [6.45, 7) is 2.18. The van der Waals surface area contributed by atoms with E-state index in [0.717, 1.165) is 0 Å². The zero-order valence-electron chi connectivity index (χ0n) is 23.2. The van der Waals surface area contributed by atoms with Gasteiger partial charge in [-0.25, -0.2) is 0 Å². The van der Waals surface area contributed by atoms with E-state index in [1.165, 1.54) is 17.5 Å². The molecule has 3 N–H and O–H groups in total. The quantitative estimate of drug-likeness (QED) is 0.261. The largest absolute Gasteiger partial charge is 0.481 e. The number of nitrogens with zero attached hydrogens (tertiary/aromatic N) is 4. The molecule has 4 heterocycles. The summed E-state index contributed by atoms with van der Waals surface area (Å²) in [6, 6.07) is 14.6. The number of hydrogen-bond donors (Lipinski definition) is 3. The summed E-state index contributed by atoms with van der Waals surface area (Å²) in [7, 11) is 0. The van der Waals surface area contributed by atoms with Crippen molar-refractivity contribution >= 4 is 46.4 Å². The number of nitrogens with one attached hydrogen (secondary N) is 2. The molecule has 0 spiro atoms. The van der Waals surface area contributed by atoms with Crippen LogP contribution in [-0.4, -0.2) is 69.8 Å². The minimum Gasteiger partial charge on any atom is -0.481 e. The number of hydrogen-bond acceptors (Lipinski definition) is 8. The van der Waals surface area contributed by atoms with Gasteiger partial charge in [0.2, 0.25) is 0 Å². The molecule has 1 aromatic carbocycles. The molecule has 11 nitrogen and oxygen atoms in total. The van der Waals surface area contributed by atoms with Crippen LogP contribution < -0.4 is 15.5 Å². The van der Waals surface area contributed by atoms with Gasteiger partial charge in [-0.2, -0.15) is 0 Å². The fourth-order valence-corrected chi connectivity index (χ4v) is 5.55. The van der Waals surface area contributed by atoms with E-state index in [9.17, 15) is 24.3 Å². The topological polar surface area (TPSA) is 145 Å². The predicted molar refractivity (Wildman–Crippen MR) is 162 cm³/mol. The van der Waals surface area contributed by atoms with Crippen LogP contribution in [0.25, 0.3) is 0 Å². The maximum absolute atomic E-state index is 13.4. The monoisotopic (exact) mass is 598 g/mol. The number of rotatable bonds is 9. The van der Waals surface area contributed by atoms with Gasteiger partial charge in [-0.05, 0) is 59.8 Å². The predicted octanol–water partition coefficient (Wildman–Crippen LogP) is 4.09. The van der Waals surface area contributed by atoms with Gasteiger partial charge in [0.15, 0.2) is 0 Å². The number of carboxylic acid groups (broad SMARTS) is 1. The summed E-state index contributed by atoms with van der Waals surface area (Å²) in [5.41, 5.74) is 2.51. The smallest absolute Gasteiger partial charge is 0.305 e. The molecule has 1 unspecified atom stereocenters. The highest BCUT2D eigenvalue weighted by atomic mass is 32.1. The minimum absolute atomic E-state index is 0.0854. The van der Waals surface area contributed by atoms with Crippen molar-refractivity contribution in [1.29, 1.82) is 0 Å². The van der Waals surface area contributed by atoms with E-state index in [1.54, 1.807) is 78.1 Å². The van der Waals surface area contributed by atoms with E-state index in [2.05, 4.69) is 25.5 Å². The van der Waals surface area contributed by atoms with Crippen LogP contribution in [0.15, 0.2) is 84.8 Å². The Morgan fingerprint density at radius 2 is 1.70 bits per heavy atom. The molecule has 1 aliphatic rings. The summed E-state index contributed by atoms with van der Waals surface area (Å²) in [6.07, 6.45) is 6.66. The first-order chi connectivity index (χ1) is 20.9. The third kappa shape index (κ3) is 7.41. The van der Waals surface area contributed by atoms with Crippen molar-refractivity contribution in [3.05, 3.63) is 106 Å². The fraction of sp³-hybridized carbons (Fsp3) is 0.226. The summed E-state index contributed by atoms with van der Waals surface area (Å²) in [5.74, 6) is -1.95. The van der Waals surface area contributed by atoms with Gasteiger partial charge in [0.05, 0.1) is 34.3 Å². The Labute approximate surface area is 252 Å². The van der Waals surface area contributed by atoms with Gasteiger partial charge in [0.1, 0.15) is 0 Å². The van der Waals surface area contributed by atoms with Crippen LogP contribution in [0.4, 0.5) is 11.4 Å². The lowest BCUT2D eigenvalue weighted by Crippen LogP contribution is -2.35. The molecule has 1 saturated heterocycles. The number of aliphatic carboxylic acids is 1. The van der Waals surface area contributed by atoms with Crippen molar-refractivity contribution in [3.63, 3.8) is 0 Å². The SMILES string of the molecule is O=C(O)CC(NC(=O)c1ccc(N2CCCN(C(=O)c3cccnc3)CC2)c(NC(=O)c2cccs2)c1)c1cccnc1. The molecule has 1 fully saturated rings. The lowest BCUT2D eigenvalue weighted by atomic mass is 10.0. The summed E-state index contributed by atoms with van der Waals surface area (Å²) in [5, 5.41) is 17.0. The van der Waals surface area contributed by atoms with E-state index < -0.39 is 17.9 Å². The van der Waals surface area contributed by atoms with Crippen molar-refractivity contribution in [3.8, 4) is 0 Å². The number of carboxylic acids is 1. The Morgan fingerprint density at radius 1 is 0.884 bits per heavy atom. The number of benzene rings is 1. The third-order valence-corrected chi connectivity index (χ3v) is 7.92. The summed E-state index contributed by atoms with van der Waals surface area (Å²) >= 11 is 1.30. The van der Waals surface area contributed by atoms with E-state index >= 15 is 0 Å². The summed E-state index contributed by atoms with van der Waals surface area (Å²) in [4.78, 5) is 63.5. The highest BCUT2D eigenvalue weighted by molar-refractivity contribution is 7.12. The van der Waals surface area contributed by atoms with Crippen LogP contribution in [0.1, 0.15) is 54.8 Å². The molecule has 220 valence electrons. The second-order valence-electron chi connectivity index (χ2n) is 9.95. The second kappa shape index (κ2) is 13.7. The number of thiophene rings is 1. The first-order valence-electron chi connectivity index (χ1n) is 13.7. The van der Waals surface area contributed by atoms with E-state index in [1.807, 2.05) is 5.38 Å². The van der Waals surface area contributed by atoms with Gasteiger partial charge < -0.3 is 25.5 Å². The first kappa shape index (κ1) is 29.4. The number of carbonyl (C=O) groups is 4. The Bertz CT molecular complexity index is 1580. The van der Waals surface area contributed by atoms with Gasteiger partial charge in [-0.15, -0.1) is 11.3 Å². The standard InChI is InChI=1S/C31H30N6O5S/c38-28(39)18-24(22-5-1-10-32-19-22)34-29(40)21-8-9-26(25(17-21)35-30(41)27-7-3-16-43-27)36-12-4-13-37(15-14-36)31(42)23-6-2-11-33-20-23/h1-3,5-11,16-17,19-20,24H,4,12-15,18H2,(H,34,40)(H,35,41)(H,38,39). The molecule has 3 aromatic heterocycles. The van der Waals surface area contributed by atoms with Crippen molar-refractivity contribution in [2.24, 2.45) is 0 Å². The molecule has 1 atom stereocenters. The Morgan fingerprint density at radius 3 is 2.40 bits per heavy atom. The first-order valence-corrected chi connectivity index (χ1v) is 14.6. The molecular formula is C31H30N6O5S. The molecule has 12 heteroatoms. The highest BCUT2D eigenvalue weighted by Crippen LogP contribution is 2.30. The van der Waals surface area contributed by atoms with Crippen LogP contribution in [0.2, 0.25) is 0 Å². The number of anilines is 2. The molecule has 1 aliphatic heterocycles. The molecule has 0 saturated carbocycles. The van der Waals surface area contributed by atoms with E-state index in [0.29, 0.717) is 60.0 Å². The minimum atomic E-state index is -1.06. The van der Waals surface area contributed by atoms with E-state index in [-0.39, 0.29) is 23.8 Å². The van der Waals surface area contributed by atoms with Gasteiger partial charge in [0.25, 0.3) is 17.7 Å². The van der Waals surface area contributed by atoms with Gasteiger partial charge in [-0.1, -0.05) is 12.1 Å². The van der Waals surface area contributed by atoms with Crippen LogP contribution in [0.5, 0.6) is 0 Å². The summed E-state index contributed by atoms with van der Waals surface area (Å²) < 4.78 is 0. The van der Waals surface area contributed by atoms with Crippen LogP contribution in [0, 0.1) is 0 Å². The molecule has 0 radical (unpaired) electrons.